The molecule has 2 atom stereocenters. The maximum Gasteiger partial charge on any atom is 0.0478 e. The van der Waals surface area contributed by atoms with E-state index in [0.717, 1.165) is 31.2 Å². The van der Waals surface area contributed by atoms with Crippen LogP contribution in [0.1, 0.15) is 52.4 Å². The van der Waals surface area contributed by atoms with Crippen LogP contribution >= 0.6 is 0 Å². The molecule has 3 heteroatoms. The first-order chi connectivity index (χ1) is 9.35. The van der Waals surface area contributed by atoms with Gasteiger partial charge in [-0.1, -0.05) is 20.3 Å². The van der Waals surface area contributed by atoms with Gasteiger partial charge in [0.25, 0.3) is 0 Å². The van der Waals surface area contributed by atoms with Crippen molar-refractivity contribution in [2.45, 2.75) is 64.5 Å². The number of nitrogens with zero attached hydrogens (tertiary/aromatic N) is 1. The van der Waals surface area contributed by atoms with Crippen molar-refractivity contribution in [3.63, 3.8) is 0 Å². The van der Waals surface area contributed by atoms with Crippen LogP contribution in [0.25, 0.3) is 0 Å². The standard InChI is InChI=1S/C16H32N2O/c1-3-5-10-19-11-6-9-18-13-16(14-7-8-14)17-12-15(18)4-2/h14-17H,3-13H2,1-2H3. The van der Waals surface area contributed by atoms with Gasteiger partial charge in [0, 0.05) is 44.9 Å². The van der Waals surface area contributed by atoms with Crippen LogP contribution in [0.5, 0.6) is 0 Å². The number of piperazine rings is 1. The second kappa shape index (κ2) is 8.23. The van der Waals surface area contributed by atoms with Crippen molar-refractivity contribution in [2.24, 2.45) is 5.92 Å². The van der Waals surface area contributed by atoms with Gasteiger partial charge >= 0.3 is 0 Å². The van der Waals surface area contributed by atoms with Crippen molar-refractivity contribution >= 4 is 0 Å². The van der Waals surface area contributed by atoms with Gasteiger partial charge in [-0.05, 0) is 38.0 Å². The Labute approximate surface area is 119 Å². The first-order valence-corrected chi connectivity index (χ1v) is 8.40. The minimum Gasteiger partial charge on any atom is -0.381 e. The molecule has 1 saturated heterocycles. The molecule has 1 heterocycles. The van der Waals surface area contributed by atoms with Gasteiger partial charge in [0.15, 0.2) is 0 Å². The number of unbranched alkanes of at least 4 members (excludes halogenated alkanes) is 1. The van der Waals surface area contributed by atoms with Crippen molar-refractivity contribution in [1.82, 2.24) is 10.2 Å². The van der Waals surface area contributed by atoms with E-state index in [-0.39, 0.29) is 0 Å². The lowest BCUT2D eigenvalue weighted by Crippen LogP contribution is -2.57. The molecule has 112 valence electrons. The van der Waals surface area contributed by atoms with Crippen LogP contribution in [-0.2, 0) is 4.74 Å². The van der Waals surface area contributed by atoms with Gasteiger partial charge in [0.05, 0.1) is 0 Å². The summed E-state index contributed by atoms with van der Waals surface area (Å²) >= 11 is 0. The molecular weight excluding hydrogens is 236 g/mol. The lowest BCUT2D eigenvalue weighted by Gasteiger charge is -2.40. The lowest BCUT2D eigenvalue weighted by atomic mass is 10.0. The monoisotopic (exact) mass is 268 g/mol. The van der Waals surface area contributed by atoms with Crippen LogP contribution in [0, 0.1) is 5.92 Å². The molecule has 0 amide bonds. The molecule has 0 aromatic carbocycles. The summed E-state index contributed by atoms with van der Waals surface area (Å²) in [7, 11) is 0. The Morgan fingerprint density at radius 2 is 1.95 bits per heavy atom. The Morgan fingerprint density at radius 1 is 1.16 bits per heavy atom. The third-order valence-electron chi connectivity index (χ3n) is 4.60. The highest BCUT2D eigenvalue weighted by atomic mass is 16.5. The summed E-state index contributed by atoms with van der Waals surface area (Å²) in [5.41, 5.74) is 0. The van der Waals surface area contributed by atoms with Crippen molar-refractivity contribution < 1.29 is 4.74 Å². The number of hydrogen-bond donors (Lipinski definition) is 1. The summed E-state index contributed by atoms with van der Waals surface area (Å²) in [6.07, 6.45) is 7.79. The first-order valence-electron chi connectivity index (χ1n) is 8.40. The van der Waals surface area contributed by atoms with Gasteiger partial charge in [-0.15, -0.1) is 0 Å². The largest absolute Gasteiger partial charge is 0.381 e. The van der Waals surface area contributed by atoms with E-state index in [9.17, 15) is 0 Å². The minimum atomic E-state index is 0.741. The average Bonchev–Trinajstić information content (AvgIpc) is 3.27. The fourth-order valence-corrected chi connectivity index (χ4v) is 3.09. The molecule has 1 N–H and O–H groups in total. The SMILES string of the molecule is CCCCOCCCN1CC(C2CC2)NCC1CC. The van der Waals surface area contributed by atoms with Crippen LogP contribution in [-0.4, -0.2) is 49.8 Å². The van der Waals surface area contributed by atoms with Crippen LogP contribution in [0.4, 0.5) is 0 Å². The summed E-state index contributed by atoms with van der Waals surface area (Å²) in [5.74, 6) is 0.973. The Balaban J connectivity index is 1.63. The Hall–Kier alpha value is -0.120. The zero-order valence-corrected chi connectivity index (χ0v) is 12.9. The Bertz CT molecular complexity index is 243. The van der Waals surface area contributed by atoms with Crippen LogP contribution in [0.2, 0.25) is 0 Å². The highest BCUT2D eigenvalue weighted by molar-refractivity contribution is 4.94. The van der Waals surface area contributed by atoms with Gasteiger partial charge in [-0.3, -0.25) is 4.90 Å². The molecule has 1 saturated carbocycles. The summed E-state index contributed by atoms with van der Waals surface area (Å²) < 4.78 is 5.68. The quantitative estimate of drug-likeness (QED) is 0.651. The van der Waals surface area contributed by atoms with Crippen molar-refractivity contribution in [2.75, 3.05) is 32.8 Å². The van der Waals surface area contributed by atoms with Crippen LogP contribution in [0.15, 0.2) is 0 Å². The number of rotatable bonds is 9. The predicted octanol–water partition coefficient (Wildman–Crippen LogP) is 2.66. The van der Waals surface area contributed by atoms with Gasteiger partial charge in [-0.2, -0.15) is 0 Å². The van der Waals surface area contributed by atoms with E-state index in [1.54, 1.807) is 0 Å². The molecule has 2 unspecified atom stereocenters. The molecule has 1 aliphatic carbocycles. The fourth-order valence-electron chi connectivity index (χ4n) is 3.09. The number of hydrogen-bond acceptors (Lipinski definition) is 3. The number of nitrogens with one attached hydrogen (secondary N) is 1. The fraction of sp³-hybridized carbons (Fsp3) is 1.00. The maximum atomic E-state index is 5.68. The predicted molar refractivity (Wildman–Crippen MR) is 80.5 cm³/mol. The third kappa shape index (κ3) is 5.05. The summed E-state index contributed by atoms with van der Waals surface area (Å²) in [6.45, 7) is 10.1. The van der Waals surface area contributed by atoms with Gasteiger partial charge < -0.3 is 10.1 Å². The first kappa shape index (κ1) is 15.3. The second-order valence-corrected chi connectivity index (χ2v) is 6.23. The van der Waals surface area contributed by atoms with Crippen molar-refractivity contribution in [1.29, 1.82) is 0 Å². The lowest BCUT2D eigenvalue weighted by molar-refractivity contribution is 0.0863. The summed E-state index contributed by atoms with van der Waals surface area (Å²) in [6, 6.07) is 1.51. The van der Waals surface area contributed by atoms with E-state index in [0.29, 0.717) is 0 Å². The molecule has 1 aliphatic heterocycles. The highest BCUT2D eigenvalue weighted by Gasteiger charge is 2.36. The van der Waals surface area contributed by atoms with Gasteiger partial charge in [-0.25, -0.2) is 0 Å². The molecule has 19 heavy (non-hydrogen) atoms. The third-order valence-corrected chi connectivity index (χ3v) is 4.60. The molecule has 2 fully saturated rings. The van der Waals surface area contributed by atoms with Crippen LogP contribution < -0.4 is 5.32 Å². The number of ether oxygens (including phenoxy) is 1. The van der Waals surface area contributed by atoms with E-state index < -0.39 is 0 Å². The molecule has 0 aromatic rings. The molecular formula is C16H32N2O. The molecule has 0 bridgehead atoms. The minimum absolute atomic E-state index is 0.741. The van der Waals surface area contributed by atoms with Crippen LogP contribution in [0.3, 0.4) is 0 Å². The van der Waals surface area contributed by atoms with Gasteiger partial charge in [0.2, 0.25) is 0 Å². The van der Waals surface area contributed by atoms with Crippen molar-refractivity contribution in [3.8, 4) is 0 Å². The van der Waals surface area contributed by atoms with Crippen molar-refractivity contribution in [3.05, 3.63) is 0 Å². The van der Waals surface area contributed by atoms with Gasteiger partial charge in [0.1, 0.15) is 0 Å². The smallest absolute Gasteiger partial charge is 0.0478 e. The zero-order chi connectivity index (χ0) is 13.5. The normalized spacial score (nSPS) is 28.7. The molecule has 2 rings (SSSR count). The average molecular weight is 268 g/mol. The van der Waals surface area contributed by atoms with E-state index in [1.165, 1.54) is 58.2 Å². The highest BCUT2D eigenvalue weighted by Crippen LogP contribution is 2.34. The summed E-state index contributed by atoms with van der Waals surface area (Å²) in [4.78, 5) is 2.71. The Kier molecular flexibility index (Phi) is 6.62. The van der Waals surface area contributed by atoms with E-state index in [2.05, 4.69) is 24.1 Å². The second-order valence-electron chi connectivity index (χ2n) is 6.23. The van der Waals surface area contributed by atoms with E-state index in [1.807, 2.05) is 0 Å². The molecule has 0 aromatic heterocycles. The molecule has 0 radical (unpaired) electrons. The van der Waals surface area contributed by atoms with E-state index in [4.69, 9.17) is 4.74 Å². The zero-order valence-electron chi connectivity index (χ0n) is 12.9. The summed E-state index contributed by atoms with van der Waals surface area (Å²) in [5, 5.41) is 3.76. The maximum absolute atomic E-state index is 5.68. The molecule has 0 spiro atoms. The topological polar surface area (TPSA) is 24.5 Å². The molecule has 2 aliphatic rings. The molecule has 3 nitrogen and oxygen atoms in total. The van der Waals surface area contributed by atoms with E-state index >= 15 is 0 Å². The Morgan fingerprint density at radius 3 is 2.63 bits per heavy atom.